The maximum atomic E-state index is 12.1. The second-order valence-electron chi connectivity index (χ2n) is 6.35. The number of carbonyl (C=O) groups excluding carboxylic acids is 1. The van der Waals surface area contributed by atoms with Gasteiger partial charge < -0.3 is 14.8 Å². The van der Waals surface area contributed by atoms with Gasteiger partial charge in [0.25, 0.3) is 5.91 Å². The molecule has 6 nitrogen and oxygen atoms in total. The zero-order valence-corrected chi connectivity index (χ0v) is 16.4. The highest BCUT2D eigenvalue weighted by Crippen LogP contribution is 2.27. The number of aryl methyl sites for hydroxylation is 1. The summed E-state index contributed by atoms with van der Waals surface area (Å²) < 4.78 is 11.0. The summed E-state index contributed by atoms with van der Waals surface area (Å²) in [6.45, 7) is 1.85. The van der Waals surface area contributed by atoms with Gasteiger partial charge in [-0.25, -0.2) is 0 Å². The Hall–Kier alpha value is -3.80. The number of hydrogen-bond donors (Lipinski definition) is 2. The Morgan fingerprint density at radius 2 is 1.76 bits per heavy atom. The van der Waals surface area contributed by atoms with E-state index in [1.54, 1.807) is 25.5 Å². The van der Waals surface area contributed by atoms with Crippen molar-refractivity contribution in [2.24, 2.45) is 5.10 Å². The minimum absolute atomic E-state index is 0.118. The SMILES string of the molecule is COc1cc(C=NNc2ccccc2)ccc1OCC(=O)Nc1cccc(C)c1. The molecule has 6 heteroatoms. The molecular weight excluding hydrogens is 366 g/mol. The van der Waals surface area contributed by atoms with Gasteiger partial charge in [0.15, 0.2) is 18.1 Å². The number of methoxy groups -OCH3 is 1. The molecule has 0 aromatic heterocycles. The van der Waals surface area contributed by atoms with Crippen LogP contribution in [0.4, 0.5) is 11.4 Å². The first-order chi connectivity index (χ1) is 14.1. The number of ether oxygens (including phenoxy) is 2. The molecule has 0 heterocycles. The van der Waals surface area contributed by atoms with Gasteiger partial charge in [0.1, 0.15) is 0 Å². The number of hydrogen-bond acceptors (Lipinski definition) is 5. The van der Waals surface area contributed by atoms with Gasteiger partial charge in [0.2, 0.25) is 0 Å². The van der Waals surface area contributed by atoms with Crippen molar-refractivity contribution in [3.05, 3.63) is 83.9 Å². The van der Waals surface area contributed by atoms with Gasteiger partial charge in [-0.15, -0.1) is 0 Å². The Morgan fingerprint density at radius 1 is 0.966 bits per heavy atom. The zero-order chi connectivity index (χ0) is 20.5. The molecular formula is C23H23N3O3. The quantitative estimate of drug-likeness (QED) is 0.441. The lowest BCUT2D eigenvalue weighted by Crippen LogP contribution is -2.20. The lowest BCUT2D eigenvalue weighted by molar-refractivity contribution is -0.118. The Labute approximate surface area is 170 Å². The van der Waals surface area contributed by atoms with E-state index >= 15 is 0 Å². The van der Waals surface area contributed by atoms with E-state index in [1.807, 2.05) is 67.6 Å². The van der Waals surface area contributed by atoms with E-state index in [4.69, 9.17) is 9.47 Å². The predicted molar refractivity (Wildman–Crippen MR) is 116 cm³/mol. The molecule has 0 atom stereocenters. The molecule has 3 aromatic rings. The maximum absolute atomic E-state index is 12.1. The molecule has 0 unspecified atom stereocenters. The molecule has 0 saturated heterocycles. The third kappa shape index (κ3) is 6.10. The first-order valence-electron chi connectivity index (χ1n) is 9.15. The van der Waals surface area contributed by atoms with E-state index < -0.39 is 0 Å². The molecule has 0 saturated carbocycles. The molecule has 3 rings (SSSR count). The molecule has 0 aliphatic carbocycles. The molecule has 1 amide bonds. The van der Waals surface area contributed by atoms with Crippen LogP contribution in [0.1, 0.15) is 11.1 Å². The van der Waals surface area contributed by atoms with Crippen LogP contribution in [0.2, 0.25) is 0 Å². The van der Waals surface area contributed by atoms with Crippen LogP contribution in [0.15, 0.2) is 77.9 Å². The highest BCUT2D eigenvalue weighted by molar-refractivity contribution is 5.92. The summed E-state index contributed by atoms with van der Waals surface area (Å²) in [6.07, 6.45) is 1.68. The van der Waals surface area contributed by atoms with Crippen LogP contribution in [-0.4, -0.2) is 25.8 Å². The van der Waals surface area contributed by atoms with E-state index in [0.717, 1.165) is 22.5 Å². The summed E-state index contributed by atoms with van der Waals surface area (Å²) >= 11 is 0. The van der Waals surface area contributed by atoms with Crippen molar-refractivity contribution >= 4 is 23.5 Å². The summed E-state index contributed by atoms with van der Waals surface area (Å²) in [5.74, 6) is 0.771. The summed E-state index contributed by atoms with van der Waals surface area (Å²) in [4.78, 5) is 12.1. The van der Waals surface area contributed by atoms with Gasteiger partial charge in [0, 0.05) is 5.69 Å². The van der Waals surface area contributed by atoms with Gasteiger partial charge in [-0.3, -0.25) is 10.2 Å². The zero-order valence-electron chi connectivity index (χ0n) is 16.4. The Kier molecular flexibility index (Phi) is 6.84. The Morgan fingerprint density at radius 3 is 2.52 bits per heavy atom. The highest BCUT2D eigenvalue weighted by Gasteiger charge is 2.09. The molecule has 0 fully saturated rings. The summed E-state index contributed by atoms with van der Waals surface area (Å²) in [5, 5.41) is 7.02. The fraction of sp³-hybridized carbons (Fsp3) is 0.130. The maximum Gasteiger partial charge on any atom is 0.262 e. The van der Waals surface area contributed by atoms with Gasteiger partial charge in [0.05, 0.1) is 19.0 Å². The number of nitrogens with one attached hydrogen (secondary N) is 2. The van der Waals surface area contributed by atoms with E-state index in [2.05, 4.69) is 15.8 Å². The summed E-state index contributed by atoms with van der Waals surface area (Å²) in [6, 6.07) is 22.6. The number of para-hydroxylation sites is 1. The predicted octanol–water partition coefficient (Wildman–Crippen LogP) is 4.47. The van der Waals surface area contributed by atoms with Crippen molar-refractivity contribution in [2.45, 2.75) is 6.92 Å². The van der Waals surface area contributed by atoms with Gasteiger partial charge in [-0.1, -0.05) is 30.3 Å². The number of carbonyl (C=O) groups is 1. The van der Waals surface area contributed by atoms with Crippen molar-refractivity contribution in [1.29, 1.82) is 0 Å². The average molecular weight is 389 g/mol. The van der Waals surface area contributed by atoms with E-state index in [-0.39, 0.29) is 12.5 Å². The number of amides is 1. The van der Waals surface area contributed by atoms with Crippen molar-refractivity contribution in [2.75, 3.05) is 24.5 Å². The third-order valence-electron chi connectivity index (χ3n) is 4.03. The molecule has 0 spiro atoms. The second kappa shape index (κ2) is 9.94. The van der Waals surface area contributed by atoms with Crippen molar-refractivity contribution in [1.82, 2.24) is 0 Å². The molecule has 0 aliphatic rings. The average Bonchev–Trinajstić information content (AvgIpc) is 2.73. The first-order valence-corrected chi connectivity index (χ1v) is 9.15. The van der Waals surface area contributed by atoms with Crippen LogP contribution in [0.25, 0.3) is 0 Å². The summed E-state index contributed by atoms with van der Waals surface area (Å²) in [5.41, 5.74) is 6.50. The smallest absolute Gasteiger partial charge is 0.262 e. The van der Waals surface area contributed by atoms with E-state index in [9.17, 15) is 4.79 Å². The van der Waals surface area contributed by atoms with Crippen LogP contribution in [0, 0.1) is 6.92 Å². The van der Waals surface area contributed by atoms with E-state index in [0.29, 0.717) is 11.5 Å². The van der Waals surface area contributed by atoms with Crippen LogP contribution < -0.4 is 20.2 Å². The minimum atomic E-state index is -0.240. The molecule has 0 aliphatic heterocycles. The highest BCUT2D eigenvalue weighted by atomic mass is 16.5. The minimum Gasteiger partial charge on any atom is -0.493 e. The summed E-state index contributed by atoms with van der Waals surface area (Å²) in [7, 11) is 1.55. The topological polar surface area (TPSA) is 71.9 Å². The lowest BCUT2D eigenvalue weighted by atomic mass is 10.2. The molecule has 0 bridgehead atoms. The molecule has 3 aromatic carbocycles. The standard InChI is InChI=1S/C23H23N3O3/c1-17-7-6-10-20(13-17)25-23(27)16-29-21-12-11-18(14-22(21)28-2)15-24-26-19-8-4-3-5-9-19/h3-15,26H,16H2,1-2H3,(H,25,27). The van der Waals surface area contributed by atoms with Gasteiger partial charge >= 0.3 is 0 Å². The molecule has 29 heavy (non-hydrogen) atoms. The monoisotopic (exact) mass is 389 g/mol. The molecule has 148 valence electrons. The lowest BCUT2D eigenvalue weighted by Gasteiger charge is -2.11. The fourth-order valence-corrected chi connectivity index (χ4v) is 2.64. The van der Waals surface area contributed by atoms with Crippen LogP contribution in [-0.2, 0) is 4.79 Å². The van der Waals surface area contributed by atoms with Gasteiger partial charge in [-0.2, -0.15) is 5.10 Å². The van der Waals surface area contributed by atoms with Crippen LogP contribution in [0.5, 0.6) is 11.5 Å². The number of rotatable bonds is 8. The second-order valence-corrected chi connectivity index (χ2v) is 6.35. The Bertz CT molecular complexity index is 988. The Balaban J connectivity index is 1.57. The first kappa shape index (κ1) is 19.9. The van der Waals surface area contributed by atoms with Crippen molar-refractivity contribution < 1.29 is 14.3 Å². The third-order valence-corrected chi connectivity index (χ3v) is 4.03. The molecule has 2 N–H and O–H groups in total. The van der Waals surface area contributed by atoms with Crippen molar-refractivity contribution in [3.8, 4) is 11.5 Å². The van der Waals surface area contributed by atoms with E-state index in [1.165, 1.54) is 0 Å². The van der Waals surface area contributed by atoms with Gasteiger partial charge in [-0.05, 0) is 60.5 Å². The van der Waals surface area contributed by atoms with Crippen LogP contribution >= 0.6 is 0 Å². The number of anilines is 2. The fourth-order valence-electron chi connectivity index (χ4n) is 2.64. The molecule has 0 radical (unpaired) electrons. The normalized spacial score (nSPS) is 10.6. The van der Waals surface area contributed by atoms with Crippen LogP contribution in [0.3, 0.4) is 0 Å². The number of benzene rings is 3. The number of nitrogens with zero attached hydrogens (tertiary/aromatic N) is 1. The van der Waals surface area contributed by atoms with Crippen molar-refractivity contribution in [3.63, 3.8) is 0 Å². The number of hydrazone groups is 1. The largest absolute Gasteiger partial charge is 0.493 e.